The molecule has 0 aliphatic rings. The molecule has 0 unspecified atom stereocenters. The molecular weight excluding hydrogens is 166 g/mol. The molecule has 0 aromatic carbocycles. The fraction of sp³-hybridized carbons (Fsp3) is 0.333. The highest BCUT2D eigenvalue weighted by molar-refractivity contribution is 5.77. The standard InChI is InChI=1S/C9H13N3O/c10-7-9(13)12-6-3-8-1-4-11-5-2-8/h1-2,4-5H,3,6-7,10H2,(H,12,13). The van der Waals surface area contributed by atoms with Crippen LogP contribution in [0.25, 0.3) is 0 Å². The minimum atomic E-state index is -0.117. The number of carbonyl (C=O) groups is 1. The molecule has 70 valence electrons. The number of nitrogens with two attached hydrogens (primary N) is 1. The third kappa shape index (κ3) is 3.66. The number of rotatable bonds is 4. The Balaban J connectivity index is 2.24. The summed E-state index contributed by atoms with van der Waals surface area (Å²) >= 11 is 0. The molecule has 0 fully saturated rings. The van der Waals surface area contributed by atoms with Crippen molar-refractivity contribution in [3.8, 4) is 0 Å². The summed E-state index contributed by atoms with van der Waals surface area (Å²) in [6.07, 6.45) is 4.29. The molecule has 1 aromatic heterocycles. The molecule has 0 spiro atoms. The van der Waals surface area contributed by atoms with Gasteiger partial charge in [0.25, 0.3) is 0 Å². The number of carbonyl (C=O) groups excluding carboxylic acids is 1. The zero-order chi connectivity index (χ0) is 9.52. The highest BCUT2D eigenvalue weighted by atomic mass is 16.1. The van der Waals surface area contributed by atoms with Crippen molar-refractivity contribution in [3.05, 3.63) is 30.1 Å². The molecule has 1 amide bonds. The van der Waals surface area contributed by atoms with Gasteiger partial charge in [-0.1, -0.05) is 0 Å². The highest BCUT2D eigenvalue weighted by Crippen LogP contribution is 1.95. The maximum Gasteiger partial charge on any atom is 0.233 e. The van der Waals surface area contributed by atoms with Crippen LogP contribution in [-0.4, -0.2) is 24.0 Å². The Kier molecular flexibility index (Phi) is 3.92. The molecule has 1 aromatic rings. The minimum Gasteiger partial charge on any atom is -0.355 e. The van der Waals surface area contributed by atoms with Gasteiger partial charge in [0.05, 0.1) is 6.54 Å². The quantitative estimate of drug-likeness (QED) is 0.666. The fourth-order valence-electron chi connectivity index (χ4n) is 0.968. The summed E-state index contributed by atoms with van der Waals surface area (Å²) in [6.45, 7) is 0.677. The summed E-state index contributed by atoms with van der Waals surface area (Å²) < 4.78 is 0. The van der Waals surface area contributed by atoms with Gasteiger partial charge in [-0.05, 0) is 24.1 Å². The summed E-state index contributed by atoms with van der Waals surface area (Å²) in [4.78, 5) is 14.7. The van der Waals surface area contributed by atoms with Crippen LogP contribution in [0.2, 0.25) is 0 Å². The lowest BCUT2D eigenvalue weighted by Crippen LogP contribution is -2.31. The van der Waals surface area contributed by atoms with Crippen molar-refractivity contribution >= 4 is 5.91 Å². The second kappa shape index (κ2) is 5.27. The first-order chi connectivity index (χ1) is 6.33. The smallest absolute Gasteiger partial charge is 0.233 e. The first-order valence-electron chi connectivity index (χ1n) is 4.18. The van der Waals surface area contributed by atoms with Crippen LogP contribution in [-0.2, 0) is 11.2 Å². The van der Waals surface area contributed by atoms with Gasteiger partial charge in [0, 0.05) is 18.9 Å². The molecule has 0 aliphatic carbocycles. The van der Waals surface area contributed by atoms with Gasteiger partial charge < -0.3 is 11.1 Å². The maximum atomic E-state index is 10.8. The van der Waals surface area contributed by atoms with Crippen LogP contribution in [0.5, 0.6) is 0 Å². The molecule has 0 radical (unpaired) electrons. The van der Waals surface area contributed by atoms with E-state index in [-0.39, 0.29) is 12.5 Å². The lowest BCUT2D eigenvalue weighted by atomic mass is 10.2. The van der Waals surface area contributed by atoms with Crippen molar-refractivity contribution < 1.29 is 4.79 Å². The summed E-state index contributed by atoms with van der Waals surface area (Å²) in [6, 6.07) is 3.85. The highest BCUT2D eigenvalue weighted by Gasteiger charge is 1.95. The third-order valence-electron chi connectivity index (χ3n) is 1.67. The Bertz CT molecular complexity index is 261. The van der Waals surface area contributed by atoms with Gasteiger partial charge in [-0.2, -0.15) is 0 Å². The van der Waals surface area contributed by atoms with Crippen molar-refractivity contribution in [2.45, 2.75) is 6.42 Å². The largest absolute Gasteiger partial charge is 0.355 e. The average Bonchev–Trinajstić information content (AvgIpc) is 2.19. The maximum absolute atomic E-state index is 10.8. The molecule has 3 N–H and O–H groups in total. The molecule has 0 bridgehead atoms. The van der Waals surface area contributed by atoms with Gasteiger partial charge in [-0.3, -0.25) is 9.78 Å². The molecule has 0 saturated heterocycles. The zero-order valence-corrected chi connectivity index (χ0v) is 7.36. The van der Waals surface area contributed by atoms with Crippen molar-refractivity contribution in [1.29, 1.82) is 0 Å². The van der Waals surface area contributed by atoms with Crippen LogP contribution in [0.4, 0.5) is 0 Å². The second-order valence-electron chi connectivity index (χ2n) is 2.66. The summed E-state index contributed by atoms with van der Waals surface area (Å²) in [7, 11) is 0. The number of nitrogens with one attached hydrogen (secondary N) is 1. The van der Waals surface area contributed by atoms with E-state index in [2.05, 4.69) is 10.3 Å². The van der Waals surface area contributed by atoms with Gasteiger partial charge in [-0.15, -0.1) is 0 Å². The third-order valence-corrected chi connectivity index (χ3v) is 1.67. The average molecular weight is 179 g/mol. The number of nitrogens with zero attached hydrogens (tertiary/aromatic N) is 1. The monoisotopic (exact) mass is 179 g/mol. The number of aromatic nitrogens is 1. The van der Waals surface area contributed by atoms with Crippen LogP contribution in [0.3, 0.4) is 0 Å². The van der Waals surface area contributed by atoms with Crippen LogP contribution in [0, 0.1) is 0 Å². The molecule has 0 aliphatic heterocycles. The van der Waals surface area contributed by atoms with Gasteiger partial charge >= 0.3 is 0 Å². The lowest BCUT2D eigenvalue weighted by Gasteiger charge is -2.02. The number of pyridine rings is 1. The fourth-order valence-corrected chi connectivity index (χ4v) is 0.968. The van der Waals surface area contributed by atoms with E-state index in [1.54, 1.807) is 12.4 Å². The molecule has 4 nitrogen and oxygen atoms in total. The second-order valence-corrected chi connectivity index (χ2v) is 2.66. The zero-order valence-electron chi connectivity index (χ0n) is 7.36. The van der Waals surface area contributed by atoms with Gasteiger partial charge in [0.15, 0.2) is 0 Å². The topological polar surface area (TPSA) is 68.0 Å². The van der Waals surface area contributed by atoms with E-state index >= 15 is 0 Å². The van der Waals surface area contributed by atoms with E-state index in [0.717, 1.165) is 12.0 Å². The van der Waals surface area contributed by atoms with E-state index in [1.807, 2.05) is 12.1 Å². The van der Waals surface area contributed by atoms with E-state index in [0.29, 0.717) is 6.54 Å². The Morgan fingerprint density at radius 2 is 2.15 bits per heavy atom. The summed E-state index contributed by atoms with van der Waals surface area (Å²) in [5.74, 6) is -0.117. The molecule has 4 heteroatoms. The van der Waals surface area contributed by atoms with Crippen LogP contribution < -0.4 is 11.1 Å². The molecule has 1 heterocycles. The number of amides is 1. The summed E-state index contributed by atoms with van der Waals surface area (Å²) in [5, 5.41) is 2.70. The van der Waals surface area contributed by atoms with Crippen LogP contribution in [0.15, 0.2) is 24.5 Å². The van der Waals surface area contributed by atoms with Gasteiger partial charge in [0.1, 0.15) is 0 Å². The van der Waals surface area contributed by atoms with E-state index in [9.17, 15) is 4.79 Å². The molecule has 1 rings (SSSR count). The van der Waals surface area contributed by atoms with Crippen LogP contribution >= 0.6 is 0 Å². The van der Waals surface area contributed by atoms with Crippen molar-refractivity contribution in [2.24, 2.45) is 5.73 Å². The summed E-state index contributed by atoms with van der Waals surface area (Å²) in [5.41, 5.74) is 6.29. The number of hydrogen-bond acceptors (Lipinski definition) is 3. The predicted molar refractivity (Wildman–Crippen MR) is 50.0 cm³/mol. The predicted octanol–water partition coefficient (Wildman–Crippen LogP) is -0.301. The molecule has 13 heavy (non-hydrogen) atoms. The lowest BCUT2D eigenvalue weighted by molar-refractivity contribution is -0.119. The molecular formula is C9H13N3O. The number of hydrogen-bond donors (Lipinski definition) is 2. The van der Waals surface area contributed by atoms with Gasteiger partial charge in [0.2, 0.25) is 5.91 Å². The molecule has 0 atom stereocenters. The Labute approximate surface area is 77.2 Å². The first kappa shape index (κ1) is 9.67. The first-order valence-corrected chi connectivity index (χ1v) is 4.18. The van der Waals surface area contributed by atoms with Crippen molar-refractivity contribution in [3.63, 3.8) is 0 Å². The Morgan fingerprint density at radius 3 is 2.77 bits per heavy atom. The van der Waals surface area contributed by atoms with Crippen molar-refractivity contribution in [2.75, 3.05) is 13.1 Å². The van der Waals surface area contributed by atoms with E-state index in [4.69, 9.17) is 5.73 Å². The minimum absolute atomic E-state index is 0.0519. The van der Waals surface area contributed by atoms with E-state index in [1.165, 1.54) is 0 Å². The molecule has 0 saturated carbocycles. The normalized spacial score (nSPS) is 9.62. The van der Waals surface area contributed by atoms with Gasteiger partial charge in [-0.25, -0.2) is 0 Å². The van der Waals surface area contributed by atoms with Crippen LogP contribution in [0.1, 0.15) is 5.56 Å². The van der Waals surface area contributed by atoms with E-state index < -0.39 is 0 Å². The van der Waals surface area contributed by atoms with Crippen molar-refractivity contribution in [1.82, 2.24) is 10.3 Å². The SMILES string of the molecule is NCC(=O)NCCc1ccncc1. The Hall–Kier alpha value is -1.42. The Morgan fingerprint density at radius 1 is 1.46 bits per heavy atom.